The minimum Gasteiger partial charge on any atom is -0.493 e. The monoisotopic (exact) mass is 406 g/mol. The molecule has 0 atom stereocenters. The van der Waals surface area contributed by atoms with Crippen molar-refractivity contribution in [2.45, 2.75) is 39.2 Å². The van der Waals surface area contributed by atoms with Crippen LogP contribution in [0.15, 0.2) is 53.7 Å². The first-order valence-corrected chi connectivity index (χ1v) is 10.8. The molecular formula is C23H30N6O. The van der Waals surface area contributed by atoms with Gasteiger partial charge in [-0.3, -0.25) is 4.40 Å². The fourth-order valence-corrected chi connectivity index (χ4v) is 3.29. The number of aliphatic imine (C=N–C) groups is 1. The van der Waals surface area contributed by atoms with Gasteiger partial charge in [0.2, 0.25) is 0 Å². The largest absolute Gasteiger partial charge is 0.493 e. The number of rotatable bonds is 10. The van der Waals surface area contributed by atoms with E-state index in [-0.39, 0.29) is 0 Å². The van der Waals surface area contributed by atoms with Crippen LogP contribution in [0.25, 0.3) is 5.65 Å². The lowest BCUT2D eigenvalue weighted by molar-refractivity contribution is 0.297. The maximum atomic E-state index is 6.00. The number of nitrogens with zero attached hydrogens (tertiary/aromatic N) is 4. The van der Waals surface area contributed by atoms with Gasteiger partial charge in [-0.05, 0) is 50.3 Å². The van der Waals surface area contributed by atoms with E-state index >= 15 is 0 Å². The van der Waals surface area contributed by atoms with E-state index in [0.717, 1.165) is 67.2 Å². The number of ether oxygens (including phenoxy) is 1. The summed E-state index contributed by atoms with van der Waals surface area (Å²) in [4.78, 5) is 4.75. The molecule has 4 rings (SSSR count). The molecule has 30 heavy (non-hydrogen) atoms. The highest BCUT2D eigenvalue weighted by Gasteiger charge is 2.22. The molecule has 7 heteroatoms. The number of hydrogen-bond donors (Lipinski definition) is 2. The van der Waals surface area contributed by atoms with Crippen LogP contribution < -0.4 is 15.4 Å². The zero-order valence-corrected chi connectivity index (χ0v) is 17.6. The van der Waals surface area contributed by atoms with Gasteiger partial charge in [0, 0.05) is 31.3 Å². The Morgan fingerprint density at radius 1 is 1.13 bits per heavy atom. The Hall–Kier alpha value is -3.09. The maximum Gasteiger partial charge on any atom is 0.191 e. The number of para-hydroxylation sites is 1. The smallest absolute Gasteiger partial charge is 0.191 e. The van der Waals surface area contributed by atoms with Crippen molar-refractivity contribution in [1.82, 2.24) is 25.2 Å². The quantitative estimate of drug-likeness (QED) is 0.307. The fourth-order valence-electron chi connectivity index (χ4n) is 3.29. The molecule has 0 bridgehead atoms. The molecule has 0 spiro atoms. The van der Waals surface area contributed by atoms with Crippen LogP contribution in [0.3, 0.4) is 0 Å². The lowest BCUT2D eigenvalue weighted by Gasteiger charge is -2.13. The van der Waals surface area contributed by atoms with Crippen molar-refractivity contribution in [3.63, 3.8) is 0 Å². The number of fused-ring (bicyclic) bond motifs is 1. The van der Waals surface area contributed by atoms with Gasteiger partial charge in [0.15, 0.2) is 11.6 Å². The van der Waals surface area contributed by atoms with Gasteiger partial charge < -0.3 is 15.4 Å². The van der Waals surface area contributed by atoms with Gasteiger partial charge in [0.05, 0.1) is 13.2 Å². The van der Waals surface area contributed by atoms with E-state index in [4.69, 9.17) is 9.73 Å². The summed E-state index contributed by atoms with van der Waals surface area (Å²) in [6.45, 7) is 5.11. The summed E-state index contributed by atoms with van der Waals surface area (Å²) in [6.07, 6.45) is 6.39. The van der Waals surface area contributed by atoms with Gasteiger partial charge in [-0.1, -0.05) is 24.3 Å². The minimum atomic E-state index is 0.588. The van der Waals surface area contributed by atoms with Crippen molar-refractivity contribution >= 4 is 11.6 Å². The van der Waals surface area contributed by atoms with E-state index < -0.39 is 0 Å². The molecule has 0 aliphatic heterocycles. The minimum absolute atomic E-state index is 0.588. The first-order chi connectivity index (χ1) is 14.8. The summed E-state index contributed by atoms with van der Waals surface area (Å²) in [6, 6.07) is 14.1. The van der Waals surface area contributed by atoms with Gasteiger partial charge >= 0.3 is 0 Å². The summed E-state index contributed by atoms with van der Waals surface area (Å²) in [7, 11) is 0. The van der Waals surface area contributed by atoms with Crippen LogP contribution in [0.2, 0.25) is 0 Å². The molecule has 1 aromatic carbocycles. The third-order valence-corrected chi connectivity index (χ3v) is 5.15. The van der Waals surface area contributed by atoms with Crippen LogP contribution in [0.1, 0.15) is 37.6 Å². The van der Waals surface area contributed by atoms with Crippen molar-refractivity contribution in [3.8, 4) is 5.75 Å². The van der Waals surface area contributed by atoms with Crippen molar-refractivity contribution in [2.24, 2.45) is 10.9 Å². The zero-order valence-electron chi connectivity index (χ0n) is 17.6. The van der Waals surface area contributed by atoms with Crippen molar-refractivity contribution < 1.29 is 4.74 Å². The molecule has 1 fully saturated rings. The van der Waals surface area contributed by atoms with Crippen LogP contribution in [-0.2, 0) is 13.0 Å². The van der Waals surface area contributed by atoms with Gasteiger partial charge in [-0.25, -0.2) is 4.99 Å². The Kier molecular flexibility index (Phi) is 6.79. The Morgan fingerprint density at radius 2 is 2.00 bits per heavy atom. The second-order valence-electron chi connectivity index (χ2n) is 7.63. The summed E-state index contributed by atoms with van der Waals surface area (Å²) in [5.41, 5.74) is 2.00. The van der Waals surface area contributed by atoms with Gasteiger partial charge in [-0.15, -0.1) is 10.2 Å². The molecule has 7 nitrogen and oxygen atoms in total. The molecule has 2 aromatic heterocycles. The summed E-state index contributed by atoms with van der Waals surface area (Å²) in [5, 5.41) is 15.2. The topological polar surface area (TPSA) is 75.8 Å². The Balaban J connectivity index is 1.29. The molecule has 1 saturated carbocycles. The Labute approximate surface area is 177 Å². The third kappa shape index (κ3) is 5.49. The summed E-state index contributed by atoms with van der Waals surface area (Å²) in [5.74, 6) is 3.49. The molecule has 2 N–H and O–H groups in total. The second kappa shape index (κ2) is 10.1. The van der Waals surface area contributed by atoms with Crippen LogP contribution in [-0.4, -0.2) is 40.3 Å². The predicted molar refractivity (Wildman–Crippen MR) is 119 cm³/mol. The van der Waals surface area contributed by atoms with Gasteiger partial charge in [-0.2, -0.15) is 0 Å². The van der Waals surface area contributed by atoms with E-state index in [1.165, 1.54) is 12.8 Å². The molecule has 2 heterocycles. The summed E-state index contributed by atoms with van der Waals surface area (Å²) >= 11 is 0. The average molecular weight is 407 g/mol. The van der Waals surface area contributed by atoms with Crippen LogP contribution in [0.4, 0.5) is 0 Å². The standard InChI is InChI=1S/C23H30N6O/c1-2-24-23(25-14-7-11-22-28-27-21-10-5-6-15-29(21)22)26-16-19-8-3-4-9-20(19)30-17-18-12-13-18/h3-6,8-10,15,18H,2,7,11-14,16-17H2,1H3,(H2,24,25,26). The van der Waals surface area contributed by atoms with Crippen molar-refractivity contribution in [1.29, 1.82) is 0 Å². The van der Waals surface area contributed by atoms with E-state index in [1.807, 2.05) is 47.0 Å². The number of guanidine groups is 1. The maximum absolute atomic E-state index is 6.00. The molecule has 3 aromatic rings. The molecule has 0 radical (unpaired) electrons. The lowest BCUT2D eigenvalue weighted by atomic mass is 10.2. The van der Waals surface area contributed by atoms with E-state index in [0.29, 0.717) is 6.54 Å². The van der Waals surface area contributed by atoms with E-state index in [2.05, 4.69) is 33.8 Å². The number of pyridine rings is 1. The first kappa shape index (κ1) is 20.2. The molecule has 0 unspecified atom stereocenters. The number of aromatic nitrogens is 3. The Morgan fingerprint density at radius 3 is 2.87 bits per heavy atom. The van der Waals surface area contributed by atoms with E-state index in [9.17, 15) is 0 Å². The Bertz CT molecular complexity index is 978. The highest BCUT2D eigenvalue weighted by Crippen LogP contribution is 2.30. The molecule has 158 valence electrons. The highest BCUT2D eigenvalue weighted by atomic mass is 16.5. The van der Waals surface area contributed by atoms with Gasteiger partial charge in [0.1, 0.15) is 11.6 Å². The van der Waals surface area contributed by atoms with Crippen molar-refractivity contribution in [2.75, 3.05) is 19.7 Å². The number of nitrogens with one attached hydrogen (secondary N) is 2. The predicted octanol–water partition coefficient (Wildman–Crippen LogP) is 3.21. The number of hydrogen-bond acceptors (Lipinski definition) is 4. The molecule has 1 aliphatic carbocycles. The van der Waals surface area contributed by atoms with Crippen LogP contribution >= 0.6 is 0 Å². The number of benzene rings is 1. The second-order valence-corrected chi connectivity index (χ2v) is 7.63. The lowest BCUT2D eigenvalue weighted by Crippen LogP contribution is -2.37. The zero-order chi connectivity index (χ0) is 20.6. The fraction of sp³-hybridized carbons (Fsp3) is 0.435. The highest BCUT2D eigenvalue weighted by molar-refractivity contribution is 5.79. The average Bonchev–Trinajstić information content (AvgIpc) is 3.52. The normalized spacial score (nSPS) is 14.1. The third-order valence-electron chi connectivity index (χ3n) is 5.15. The summed E-state index contributed by atoms with van der Waals surface area (Å²) < 4.78 is 8.04. The van der Waals surface area contributed by atoms with Crippen LogP contribution in [0.5, 0.6) is 5.75 Å². The molecular weight excluding hydrogens is 376 g/mol. The first-order valence-electron chi connectivity index (χ1n) is 10.8. The molecule has 0 saturated heterocycles. The molecule has 0 amide bonds. The molecule has 1 aliphatic rings. The van der Waals surface area contributed by atoms with Gasteiger partial charge in [0.25, 0.3) is 0 Å². The SMILES string of the molecule is CCNC(=NCc1ccccc1OCC1CC1)NCCCc1nnc2ccccn12. The number of aryl methyl sites for hydroxylation is 1. The van der Waals surface area contributed by atoms with Crippen molar-refractivity contribution in [3.05, 3.63) is 60.0 Å². The van der Waals surface area contributed by atoms with E-state index in [1.54, 1.807) is 0 Å². The van der Waals surface area contributed by atoms with Crippen LogP contribution in [0, 0.1) is 5.92 Å².